The van der Waals surface area contributed by atoms with E-state index in [0.717, 1.165) is 38.5 Å². The van der Waals surface area contributed by atoms with E-state index in [-0.39, 0.29) is 24.7 Å². The lowest BCUT2D eigenvalue weighted by Crippen LogP contribution is -2.57. The molecule has 4 rings (SSSR count). The van der Waals surface area contributed by atoms with Gasteiger partial charge in [0, 0.05) is 64.6 Å². The number of hydrogen-bond acceptors (Lipinski definition) is 7. The Balaban J connectivity index is 1.21. The van der Waals surface area contributed by atoms with E-state index in [1.165, 1.54) is 14.2 Å². The topological polar surface area (TPSA) is 94.7 Å². The van der Waals surface area contributed by atoms with E-state index in [0.29, 0.717) is 39.3 Å². The van der Waals surface area contributed by atoms with Crippen molar-refractivity contribution in [3.8, 4) is 0 Å². The highest BCUT2D eigenvalue weighted by molar-refractivity contribution is 7.86. The summed E-state index contributed by atoms with van der Waals surface area (Å²) >= 11 is 0. The van der Waals surface area contributed by atoms with E-state index in [4.69, 9.17) is 9.47 Å². The van der Waals surface area contributed by atoms with Crippen LogP contribution < -0.4 is 5.32 Å². The summed E-state index contributed by atoms with van der Waals surface area (Å²) in [5.74, 6) is -0.0898. The van der Waals surface area contributed by atoms with Gasteiger partial charge >= 0.3 is 0 Å². The number of anilines is 1. The van der Waals surface area contributed by atoms with Crippen LogP contribution in [0.4, 0.5) is 5.69 Å². The Labute approximate surface area is 202 Å². The molecule has 1 N–H and O–H groups in total. The first-order chi connectivity index (χ1) is 16.3. The first-order valence-corrected chi connectivity index (χ1v) is 13.5. The summed E-state index contributed by atoms with van der Waals surface area (Å²) in [5.41, 5.74) is 1.98. The van der Waals surface area contributed by atoms with Crippen LogP contribution in [0.2, 0.25) is 0 Å². The van der Waals surface area contributed by atoms with Crippen LogP contribution in [0.25, 0.3) is 0 Å². The molecular weight excluding hydrogens is 458 g/mol. The number of nitrogens with one attached hydrogen (secondary N) is 1. The molecule has 3 aliphatic heterocycles. The zero-order valence-electron chi connectivity index (χ0n) is 20.2. The molecule has 3 aliphatic rings. The van der Waals surface area contributed by atoms with Crippen LogP contribution in [0.1, 0.15) is 19.4 Å². The molecule has 10 nitrogen and oxygen atoms in total. The predicted molar refractivity (Wildman–Crippen MR) is 130 cm³/mol. The maximum atomic E-state index is 13.0. The summed E-state index contributed by atoms with van der Waals surface area (Å²) in [7, 11) is -3.52. The average Bonchev–Trinajstić information content (AvgIpc) is 2.81. The third-order valence-electron chi connectivity index (χ3n) is 6.48. The molecular formula is C23H37N5O5S. The first kappa shape index (κ1) is 25.5. The van der Waals surface area contributed by atoms with Crippen molar-refractivity contribution in [3.05, 3.63) is 29.8 Å². The van der Waals surface area contributed by atoms with E-state index in [9.17, 15) is 13.2 Å². The molecule has 0 saturated carbocycles. The summed E-state index contributed by atoms with van der Waals surface area (Å²) in [5, 5.41) is 2.95. The number of morpholine rings is 2. The highest BCUT2D eigenvalue weighted by Crippen LogP contribution is 2.19. The molecule has 1 aromatic carbocycles. The summed E-state index contributed by atoms with van der Waals surface area (Å²) in [4.78, 5) is 16.9. The highest BCUT2D eigenvalue weighted by Gasteiger charge is 2.36. The van der Waals surface area contributed by atoms with Crippen LogP contribution in [-0.4, -0.2) is 117 Å². The van der Waals surface area contributed by atoms with Crippen molar-refractivity contribution >= 4 is 21.8 Å². The monoisotopic (exact) mass is 495 g/mol. The summed E-state index contributed by atoms with van der Waals surface area (Å²) in [6.45, 7) is 10.9. The minimum absolute atomic E-state index is 0.0898. The molecule has 3 heterocycles. The van der Waals surface area contributed by atoms with Gasteiger partial charge in [-0.05, 0) is 31.5 Å². The molecule has 1 aromatic rings. The van der Waals surface area contributed by atoms with Gasteiger partial charge in [0.15, 0.2) is 0 Å². The van der Waals surface area contributed by atoms with Gasteiger partial charge in [0.25, 0.3) is 10.2 Å². The van der Waals surface area contributed by atoms with Crippen LogP contribution in [0.5, 0.6) is 0 Å². The lowest BCUT2D eigenvalue weighted by atomic mass is 10.2. The largest absolute Gasteiger partial charge is 0.379 e. The van der Waals surface area contributed by atoms with Crippen LogP contribution in [-0.2, 0) is 31.0 Å². The summed E-state index contributed by atoms with van der Waals surface area (Å²) < 4.78 is 40.2. The second-order valence-electron chi connectivity index (χ2n) is 9.39. The molecule has 0 bridgehead atoms. The highest BCUT2D eigenvalue weighted by atomic mass is 32.2. The Morgan fingerprint density at radius 2 is 1.53 bits per heavy atom. The normalized spacial score (nSPS) is 26.4. The molecule has 1 amide bonds. The van der Waals surface area contributed by atoms with E-state index in [2.05, 4.69) is 10.2 Å². The molecule has 3 fully saturated rings. The van der Waals surface area contributed by atoms with Gasteiger partial charge in [-0.2, -0.15) is 17.0 Å². The van der Waals surface area contributed by atoms with Gasteiger partial charge in [-0.15, -0.1) is 0 Å². The lowest BCUT2D eigenvalue weighted by Gasteiger charge is -2.40. The third kappa shape index (κ3) is 6.75. The molecule has 2 atom stereocenters. The molecule has 2 unspecified atom stereocenters. The molecule has 34 heavy (non-hydrogen) atoms. The van der Waals surface area contributed by atoms with Gasteiger partial charge in [0.2, 0.25) is 5.91 Å². The van der Waals surface area contributed by atoms with Crippen LogP contribution in [0, 0.1) is 0 Å². The lowest BCUT2D eigenvalue weighted by molar-refractivity contribution is -0.117. The molecule has 11 heteroatoms. The molecule has 0 aliphatic carbocycles. The van der Waals surface area contributed by atoms with Crippen molar-refractivity contribution in [2.24, 2.45) is 0 Å². The fourth-order valence-corrected chi connectivity index (χ4v) is 6.46. The SMILES string of the molecule is CC1CN(S(=O)(=O)N2CCN(CC(=O)Nc3ccc(CN4CCOCC4)cc3)CC2)CC(C)O1. The molecule has 3 saturated heterocycles. The van der Waals surface area contributed by atoms with Gasteiger partial charge < -0.3 is 14.8 Å². The van der Waals surface area contributed by atoms with Gasteiger partial charge in [-0.1, -0.05) is 12.1 Å². The minimum atomic E-state index is -3.52. The number of carbonyl (C=O) groups excluding carboxylic acids is 1. The Kier molecular flexibility index (Phi) is 8.57. The second kappa shape index (κ2) is 11.4. The van der Waals surface area contributed by atoms with Crippen molar-refractivity contribution in [1.29, 1.82) is 0 Å². The Bertz CT molecular complexity index is 904. The second-order valence-corrected chi connectivity index (χ2v) is 11.3. The number of piperazine rings is 1. The zero-order chi connectivity index (χ0) is 24.1. The van der Waals surface area contributed by atoms with Crippen molar-refractivity contribution < 1.29 is 22.7 Å². The predicted octanol–water partition coefficient (Wildman–Crippen LogP) is 0.429. The van der Waals surface area contributed by atoms with Crippen molar-refractivity contribution in [1.82, 2.24) is 18.4 Å². The molecule has 190 valence electrons. The van der Waals surface area contributed by atoms with Crippen molar-refractivity contribution in [2.45, 2.75) is 32.6 Å². The Hall–Kier alpha value is -1.60. The summed E-state index contributed by atoms with van der Waals surface area (Å²) in [6, 6.07) is 7.95. The van der Waals surface area contributed by atoms with E-state index < -0.39 is 10.2 Å². The number of nitrogens with zero attached hydrogens (tertiary/aromatic N) is 4. The fraction of sp³-hybridized carbons (Fsp3) is 0.696. The third-order valence-corrected chi connectivity index (χ3v) is 8.45. The number of hydrogen-bond donors (Lipinski definition) is 1. The molecule has 0 spiro atoms. The Morgan fingerprint density at radius 1 is 0.912 bits per heavy atom. The molecule has 0 radical (unpaired) electrons. The smallest absolute Gasteiger partial charge is 0.282 e. The van der Waals surface area contributed by atoms with Gasteiger partial charge in [0.05, 0.1) is 32.0 Å². The van der Waals surface area contributed by atoms with Crippen LogP contribution >= 0.6 is 0 Å². The zero-order valence-corrected chi connectivity index (χ0v) is 21.0. The van der Waals surface area contributed by atoms with Gasteiger partial charge in [0.1, 0.15) is 0 Å². The van der Waals surface area contributed by atoms with Crippen molar-refractivity contribution in [2.75, 3.05) is 77.4 Å². The van der Waals surface area contributed by atoms with Crippen LogP contribution in [0.3, 0.4) is 0 Å². The van der Waals surface area contributed by atoms with Gasteiger partial charge in [-0.25, -0.2) is 0 Å². The Morgan fingerprint density at radius 3 is 2.15 bits per heavy atom. The number of rotatable bonds is 7. The van der Waals surface area contributed by atoms with E-state index >= 15 is 0 Å². The van der Waals surface area contributed by atoms with E-state index in [1.807, 2.05) is 43.0 Å². The van der Waals surface area contributed by atoms with Crippen molar-refractivity contribution in [3.63, 3.8) is 0 Å². The number of carbonyl (C=O) groups is 1. The van der Waals surface area contributed by atoms with Crippen LogP contribution in [0.15, 0.2) is 24.3 Å². The minimum Gasteiger partial charge on any atom is -0.379 e. The number of amides is 1. The van der Waals surface area contributed by atoms with Gasteiger partial charge in [-0.3, -0.25) is 14.6 Å². The maximum Gasteiger partial charge on any atom is 0.282 e. The average molecular weight is 496 g/mol. The van der Waals surface area contributed by atoms with E-state index in [1.54, 1.807) is 0 Å². The number of benzene rings is 1. The number of ether oxygens (including phenoxy) is 2. The first-order valence-electron chi connectivity index (χ1n) is 12.1. The fourth-order valence-electron chi connectivity index (χ4n) is 4.72. The summed E-state index contributed by atoms with van der Waals surface area (Å²) in [6.07, 6.45) is -0.228. The quantitative estimate of drug-likeness (QED) is 0.586. The maximum absolute atomic E-state index is 13.0. The molecule has 0 aromatic heterocycles. The standard InChI is InChI=1S/C23H37N5O5S/c1-19-15-28(16-20(2)33-19)34(30,31)27-9-7-25(8-10-27)18-23(29)24-22-5-3-21(4-6-22)17-26-11-13-32-14-12-26/h3-6,19-20H,7-18H2,1-2H3,(H,24,29).